The number of pyridine rings is 1. The molecular formula is C20H20N4O. The van der Waals surface area contributed by atoms with Crippen molar-refractivity contribution in [3.63, 3.8) is 0 Å². The molecule has 5 nitrogen and oxygen atoms in total. The van der Waals surface area contributed by atoms with E-state index in [0.29, 0.717) is 12.4 Å². The molecule has 3 heterocycles. The van der Waals surface area contributed by atoms with E-state index in [0.717, 1.165) is 29.9 Å². The van der Waals surface area contributed by atoms with Crippen molar-refractivity contribution >= 4 is 11.7 Å². The van der Waals surface area contributed by atoms with Crippen LogP contribution in [0.3, 0.4) is 0 Å². The van der Waals surface area contributed by atoms with E-state index in [1.165, 1.54) is 5.56 Å². The van der Waals surface area contributed by atoms with Crippen LogP contribution >= 0.6 is 0 Å². The van der Waals surface area contributed by atoms with E-state index in [-0.39, 0.29) is 11.8 Å². The summed E-state index contributed by atoms with van der Waals surface area (Å²) in [6, 6.07) is 13.9. The molecule has 2 aromatic heterocycles. The second kappa shape index (κ2) is 6.51. The second-order valence-corrected chi connectivity index (χ2v) is 6.49. The summed E-state index contributed by atoms with van der Waals surface area (Å²) in [6.07, 6.45) is 5.38. The van der Waals surface area contributed by atoms with Gasteiger partial charge in [-0.1, -0.05) is 35.9 Å². The number of carbonyl (C=O) groups excluding carboxylic acids is 1. The van der Waals surface area contributed by atoms with Gasteiger partial charge in [0, 0.05) is 30.9 Å². The first kappa shape index (κ1) is 15.6. The zero-order chi connectivity index (χ0) is 17.2. The van der Waals surface area contributed by atoms with Crippen molar-refractivity contribution in [2.45, 2.75) is 26.3 Å². The molecule has 1 N–H and O–H groups in total. The number of imidazole rings is 1. The molecule has 0 aliphatic carbocycles. The van der Waals surface area contributed by atoms with Gasteiger partial charge in [0.1, 0.15) is 11.6 Å². The lowest BCUT2D eigenvalue weighted by Crippen LogP contribution is -2.31. The highest BCUT2D eigenvalue weighted by Crippen LogP contribution is 2.22. The van der Waals surface area contributed by atoms with Crippen molar-refractivity contribution < 1.29 is 4.79 Å². The Balaban J connectivity index is 1.48. The lowest BCUT2D eigenvalue weighted by atomic mass is 9.98. The van der Waals surface area contributed by atoms with Crippen molar-refractivity contribution in [3.05, 3.63) is 66.2 Å². The Morgan fingerprint density at radius 1 is 1.20 bits per heavy atom. The Morgan fingerprint density at radius 2 is 2.04 bits per heavy atom. The quantitative estimate of drug-likeness (QED) is 0.799. The smallest absolute Gasteiger partial charge is 0.230 e. The number of anilines is 1. The molecule has 0 bridgehead atoms. The van der Waals surface area contributed by atoms with E-state index in [1.807, 2.05) is 36.5 Å². The number of aryl methyl sites for hydroxylation is 2. The summed E-state index contributed by atoms with van der Waals surface area (Å²) in [5.41, 5.74) is 3.12. The number of carbonyl (C=O) groups is 1. The van der Waals surface area contributed by atoms with E-state index < -0.39 is 0 Å². The molecule has 0 fully saturated rings. The molecule has 1 atom stereocenters. The third-order valence-electron chi connectivity index (χ3n) is 4.65. The summed E-state index contributed by atoms with van der Waals surface area (Å²) >= 11 is 0. The van der Waals surface area contributed by atoms with Crippen LogP contribution in [0, 0.1) is 12.8 Å². The average Bonchev–Trinajstić information content (AvgIpc) is 3.10. The van der Waals surface area contributed by atoms with Crippen LogP contribution in [0.1, 0.15) is 17.8 Å². The Bertz CT molecular complexity index is 898. The predicted molar refractivity (Wildman–Crippen MR) is 97.1 cm³/mol. The van der Waals surface area contributed by atoms with Gasteiger partial charge in [-0.15, -0.1) is 0 Å². The number of amides is 1. The highest BCUT2D eigenvalue weighted by molar-refractivity contribution is 5.92. The predicted octanol–water partition coefficient (Wildman–Crippen LogP) is 3.45. The fourth-order valence-corrected chi connectivity index (χ4v) is 3.20. The van der Waals surface area contributed by atoms with Gasteiger partial charge in [-0.05, 0) is 25.5 Å². The first-order valence-corrected chi connectivity index (χ1v) is 8.54. The van der Waals surface area contributed by atoms with Crippen LogP contribution in [0.15, 0.2) is 54.9 Å². The molecular weight excluding hydrogens is 312 g/mol. The van der Waals surface area contributed by atoms with Crippen molar-refractivity contribution in [1.82, 2.24) is 14.5 Å². The lowest BCUT2D eigenvalue weighted by molar-refractivity contribution is -0.120. The van der Waals surface area contributed by atoms with Gasteiger partial charge in [-0.25, -0.2) is 9.97 Å². The van der Waals surface area contributed by atoms with Crippen LogP contribution in [0.25, 0.3) is 11.3 Å². The van der Waals surface area contributed by atoms with Gasteiger partial charge in [0.25, 0.3) is 0 Å². The molecule has 25 heavy (non-hydrogen) atoms. The van der Waals surface area contributed by atoms with Gasteiger partial charge in [0.05, 0.1) is 11.6 Å². The van der Waals surface area contributed by atoms with Crippen molar-refractivity contribution in [2.75, 3.05) is 5.32 Å². The van der Waals surface area contributed by atoms with Crippen LogP contribution in [-0.4, -0.2) is 20.4 Å². The molecule has 5 heteroatoms. The minimum Gasteiger partial charge on any atom is -0.334 e. The number of hydrogen-bond donors (Lipinski definition) is 1. The minimum absolute atomic E-state index is 0.0212. The van der Waals surface area contributed by atoms with Gasteiger partial charge in [-0.2, -0.15) is 0 Å². The molecule has 4 rings (SSSR count). The number of rotatable bonds is 3. The molecule has 126 valence electrons. The average molecular weight is 332 g/mol. The topological polar surface area (TPSA) is 59.8 Å². The van der Waals surface area contributed by atoms with Crippen molar-refractivity contribution in [3.8, 4) is 11.3 Å². The zero-order valence-electron chi connectivity index (χ0n) is 14.1. The van der Waals surface area contributed by atoms with Crippen LogP contribution in [0.5, 0.6) is 0 Å². The van der Waals surface area contributed by atoms with Gasteiger partial charge in [0.15, 0.2) is 0 Å². The minimum atomic E-state index is -0.0495. The summed E-state index contributed by atoms with van der Waals surface area (Å²) in [6.45, 7) is 2.74. The Morgan fingerprint density at radius 3 is 2.88 bits per heavy atom. The summed E-state index contributed by atoms with van der Waals surface area (Å²) in [7, 11) is 0. The Kier molecular flexibility index (Phi) is 4.06. The summed E-state index contributed by atoms with van der Waals surface area (Å²) in [5, 5.41) is 2.97. The van der Waals surface area contributed by atoms with E-state index in [1.54, 1.807) is 6.20 Å². The number of nitrogens with one attached hydrogen (secondary N) is 1. The highest BCUT2D eigenvalue weighted by atomic mass is 16.2. The van der Waals surface area contributed by atoms with Gasteiger partial charge < -0.3 is 9.88 Å². The number of hydrogen-bond acceptors (Lipinski definition) is 3. The fourth-order valence-electron chi connectivity index (χ4n) is 3.20. The normalized spacial score (nSPS) is 16.3. The van der Waals surface area contributed by atoms with Crippen LogP contribution < -0.4 is 5.32 Å². The molecule has 1 unspecified atom stereocenters. The van der Waals surface area contributed by atoms with E-state index in [2.05, 4.69) is 38.9 Å². The first-order chi connectivity index (χ1) is 12.2. The molecule has 1 aliphatic rings. The second-order valence-electron chi connectivity index (χ2n) is 6.49. The summed E-state index contributed by atoms with van der Waals surface area (Å²) < 4.78 is 2.06. The van der Waals surface area contributed by atoms with Gasteiger partial charge in [-0.3, -0.25) is 4.79 Å². The number of aromatic nitrogens is 3. The maximum Gasteiger partial charge on any atom is 0.230 e. The molecule has 0 spiro atoms. The third-order valence-corrected chi connectivity index (χ3v) is 4.65. The van der Waals surface area contributed by atoms with E-state index in [4.69, 9.17) is 0 Å². The Hall–Kier alpha value is -2.95. The largest absolute Gasteiger partial charge is 0.334 e. The number of nitrogens with zero attached hydrogens (tertiary/aromatic N) is 3. The summed E-state index contributed by atoms with van der Waals surface area (Å²) in [5.74, 6) is 1.63. The Labute approximate surface area is 146 Å². The highest BCUT2D eigenvalue weighted by Gasteiger charge is 2.25. The summed E-state index contributed by atoms with van der Waals surface area (Å²) in [4.78, 5) is 21.5. The molecule has 1 amide bonds. The van der Waals surface area contributed by atoms with Crippen molar-refractivity contribution in [2.24, 2.45) is 5.92 Å². The van der Waals surface area contributed by atoms with E-state index >= 15 is 0 Å². The first-order valence-electron chi connectivity index (χ1n) is 8.54. The molecule has 0 radical (unpaired) electrons. The van der Waals surface area contributed by atoms with Crippen LogP contribution in [0.2, 0.25) is 0 Å². The zero-order valence-corrected chi connectivity index (χ0v) is 14.1. The monoisotopic (exact) mass is 332 g/mol. The standard InChI is InChI=1S/C20H20N4O/c1-14-5-7-15(8-6-14)17-3-2-4-18(22-17)23-20(25)16-9-10-19-21-11-12-24(19)13-16/h2-8,11-12,16H,9-10,13H2,1H3,(H,22,23,25). The molecule has 1 aromatic carbocycles. The molecule has 3 aromatic rings. The third kappa shape index (κ3) is 3.31. The maximum absolute atomic E-state index is 12.6. The van der Waals surface area contributed by atoms with Gasteiger partial charge in [0.2, 0.25) is 5.91 Å². The number of fused-ring (bicyclic) bond motifs is 1. The van der Waals surface area contributed by atoms with Crippen LogP contribution in [0.4, 0.5) is 5.82 Å². The molecule has 1 aliphatic heterocycles. The fraction of sp³-hybridized carbons (Fsp3) is 0.250. The van der Waals surface area contributed by atoms with Crippen molar-refractivity contribution in [1.29, 1.82) is 0 Å². The maximum atomic E-state index is 12.6. The van der Waals surface area contributed by atoms with Gasteiger partial charge >= 0.3 is 0 Å². The number of benzene rings is 1. The molecule has 0 saturated carbocycles. The van der Waals surface area contributed by atoms with E-state index in [9.17, 15) is 4.79 Å². The molecule has 0 saturated heterocycles. The lowest BCUT2D eigenvalue weighted by Gasteiger charge is -2.22. The van der Waals surface area contributed by atoms with Crippen LogP contribution in [-0.2, 0) is 17.8 Å². The SMILES string of the molecule is Cc1ccc(-c2cccc(NC(=O)C3CCc4nccn4C3)n2)cc1.